The van der Waals surface area contributed by atoms with E-state index in [2.05, 4.69) is 4.98 Å². The minimum atomic E-state index is -1.15. The fourth-order valence-electron chi connectivity index (χ4n) is 3.73. The maximum absolute atomic E-state index is 13.7. The van der Waals surface area contributed by atoms with Crippen molar-refractivity contribution in [3.8, 4) is 5.75 Å². The lowest BCUT2D eigenvalue weighted by Crippen LogP contribution is -2.29. The number of carbonyl (C=O) groups excluding carboxylic acids is 3. The largest absolute Gasteiger partial charge is 0.507 e. The van der Waals surface area contributed by atoms with Crippen molar-refractivity contribution in [2.45, 2.75) is 13.0 Å². The second-order valence-electron chi connectivity index (χ2n) is 7.47. The number of anilines is 1. The van der Waals surface area contributed by atoms with Crippen molar-refractivity contribution in [3.63, 3.8) is 0 Å². The van der Waals surface area contributed by atoms with Gasteiger partial charge in [0, 0.05) is 5.56 Å². The van der Waals surface area contributed by atoms with Gasteiger partial charge in [-0.1, -0.05) is 35.1 Å². The van der Waals surface area contributed by atoms with Gasteiger partial charge in [-0.05, 0) is 42.8 Å². The van der Waals surface area contributed by atoms with E-state index < -0.39 is 35.3 Å². The molecule has 1 saturated heterocycles. The second-order valence-corrected chi connectivity index (χ2v) is 8.86. The summed E-state index contributed by atoms with van der Waals surface area (Å²) < 4.78 is 23.6. The number of rotatable bonds is 5. The van der Waals surface area contributed by atoms with Crippen molar-refractivity contribution in [1.29, 1.82) is 0 Å². The van der Waals surface area contributed by atoms with Crippen molar-refractivity contribution in [3.05, 3.63) is 80.6 Å². The first-order valence-electron chi connectivity index (χ1n) is 10.1. The lowest BCUT2D eigenvalue weighted by Gasteiger charge is -2.23. The maximum atomic E-state index is 13.7. The molecule has 4 rings (SSSR count). The highest BCUT2D eigenvalue weighted by atomic mass is 35.5. The van der Waals surface area contributed by atoms with Gasteiger partial charge in [-0.2, -0.15) is 0 Å². The van der Waals surface area contributed by atoms with Crippen LogP contribution in [-0.2, 0) is 14.3 Å². The zero-order valence-electron chi connectivity index (χ0n) is 18.7. The van der Waals surface area contributed by atoms with Crippen molar-refractivity contribution < 1.29 is 33.4 Å². The first-order valence-corrected chi connectivity index (χ1v) is 11.3. The van der Waals surface area contributed by atoms with Gasteiger partial charge in [0.15, 0.2) is 5.13 Å². The Hall–Kier alpha value is -3.76. The van der Waals surface area contributed by atoms with E-state index in [1.165, 1.54) is 56.7 Å². The van der Waals surface area contributed by atoms with Crippen LogP contribution in [0.5, 0.6) is 5.75 Å². The molecule has 180 valence electrons. The summed E-state index contributed by atoms with van der Waals surface area (Å²) in [6.45, 7) is 1.56. The number of halogens is 2. The lowest BCUT2D eigenvalue weighted by atomic mass is 9.95. The molecule has 2 heterocycles. The summed E-state index contributed by atoms with van der Waals surface area (Å²) in [5.41, 5.74) is 0.583. The molecule has 1 fully saturated rings. The van der Waals surface area contributed by atoms with E-state index in [-0.39, 0.29) is 26.2 Å². The average Bonchev–Trinajstić information content (AvgIpc) is 3.35. The van der Waals surface area contributed by atoms with Crippen molar-refractivity contribution in [2.75, 3.05) is 19.1 Å². The molecule has 1 aromatic heterocycles. The number of amides is 1. The van der Waals surface area contributed by atoms with E-state index in [1.54, 1.807) is 6.92 Å². The Balaban J connectivity index is 1.93. The molecule has 1 aliphatic heterocycles. The third-order valence-corrected chi connectivity index (χ3v) is 6.85. The number of Topliss-reactive ketones (excluding diaryl/α,β-unsaturated/α-hetero) is 1. The fraction of sp³-hybridized carbons (Fsp3) is 0.167. The Morgan fingerprint density at radius 3 is 2.46 bits per heavy atom. The van der Waals surface area contributed by atoms with Gasteiger partial charge < -0.3 is 14.6 Å². The predicted octanol–water partition coefficient (Wildman–Crippen LogP) is 4.67. The second kappa shape index (κ2) is 9.47. The monoisotopic (exact) mass is 516 g/mol. The lowest BCUT2D eigenvalue weighted by molar-refractivity contribution is -0.132. The van der Waals surface area contributed by atoms with Gasteiger partial charge >= 0.3 is 11.9 Å². The first-order chi connectivity index (χ1) is 16.7. The number of aryl methyl sites for hydroxylation is 1. The number of nitrogens with zero attached hydrogens (tertiary/aromatic N) is 2. The molecule has 0 spiro atoms. The Morgan fingerprint density at radius 2 is 1.86 bits per heavy atom. The number of benzene rings is 2. The molecule has 35 heavy (non-hydrogen) atoms. The molecule has 3 aromatic rings. The summed E-state index contributed by atoms with van der Waals surface area (Å²) in [4.78, 5) is 44.0. The summed E-state index contributed by atoms with van der Waals surface area (Å²) in [7, 11) is 2.64. The molecule has 0 unspecified atom stereocenters. The van der Waals surface area contributed by atoms with Gasteiger partial charge in [0.05, 0.1) is 36.6 Å². The van der Waals surface area contributed by atoms with Gasteiger partial charge in [0.25, 0.3) is 5.78 Å². The summed E-state index contributed by atoms with van der Waals surface area (Å²) in [6.07, 6.45) is 0. The molecular weight excluding hydrogens is 499 g/mol. The quantitative estimate of drug-likeness (QED) is 0.227. The molecule has 1 atom stereocenters. The molecule has 1 amide bonds. The summed E-state index contributed by atoms with van der Waals surface area (Å²) in [6, 6.07) is 8.38. The van der Waals surface area contributed by atoms with Gasteiger partial charge in [0.1, 0.15) is 22.2 Å². The first kappa shape index (κ1) is 24.4. The Labute approximate surface area is 208 Å². The Bertz CT molecular complexity index is 1390. The van der Waals surface area contributed by atoms with E-state index in [1.807, 2.05) is 0 Å². The normalized spacial score (nSPS) is 17.1. The third-order valence-electron chi connectivity index (χ3n) is 5.42. The van der Waals surface area contributed by atoms with Crippen molar-refractivity contribution >= 4 is 51.5 Å². The molecule has 0 saturated carbocycles. The van der Waals surface area contributed by atoms with Gasteiger partial charge in [0.2, 0.25) is 0 Å². The van der Waals surface area contributed by atoms with E-state index in [0.717, 1.165) is 16.2 Å². The minimum absolute atomic E-state index is 0.0474. The molecule has 0 bridgehead atoms. The number of hydrogen-bond acceptors (Lipinski definition) is 8. The van der Waals surface area contributed by atoms with Crippen LogP contribution in [0, 0.1) is 12.7 Å². The highest BCUT2D eigenvalue weighted by molar-refractivity contribution is 7.17. The number of carbonyl (C=O) groups is 3. The number of aromatic nitrogens is 1. The van der Waals surface area contributed by atoms with Gasteiger partial charge in [-0.15, -0.1) is 0 Å². The summed E-state index contributed by atoms with van der Waals surface area (Å²) in [5, 5.41) is 11.4. The minimum Gasteiger partial charge on any atom is -0.507 e. The van der Waals surface area contributed by atoms with Crippen LogP contribution < -0.4 is 9.64 Å². The Kier molecular flexibility index (Phi) is 6.60. The SMILES string of the molecule is COC(=O)c1sc(N2C(=O)C(=O)/C(=C(/O)c3ccc(OC)c(Cl)c3)[C@@H]2c2ccc(F)cc2)nc1C. The number of ketones is 1. The Morgan fingerprint density at radius 1 is 1.17 bits per heavy atom. The van der Waals surface area contributed by atoms with Crippen LogP contribution in [0.15, 0.2) is 48.0 Å². The summed E-state index contributed by atoms with van der Waals surface area (Å²) >= 11 is 7.05. The number of aliphatic hydroxyl groups excluding tert-OH is 1. The molecule has 2 aromatic carbocycles. The molecule has 1 N–H and O–H groups in total. The molecule has 0 aliphatic carbocycles. The molecule has 0 radical (unpaired) electrons. The number of esters is 1. The van der Waals surface area contributed by atoms with Crippen LogP contribution in [0.4, 0.5) is 9.52 Å². The summed E-state index contributed by atoms with van der Waals surface area (Å²) in [5.74, 6) is -3.24. The molecule has 8 nitrogen and oxygen atoms in total. The number of hydrogen-bond donors (Lipinski definition) is 1. The van der Waals surface area contributed by atoms with Crippen LogP contribution in [0.1, 0.15) is 32.5 Å². The number of ether oxygens (including phenoxy) is 2. The van der Waals surface area contributed by atoms with Crippen molar-refractivity contribution in [1.82, 2.24) is 4.98 Å². The van der Waals surface area contributed by atoms with E-state index in [4.69, 9.17) is 21.1 Å². The van der Waals surface area contributed by atoms with Gasteiger partial charge in [-0.25, -0.2) is 14.2 Å². The highest BCUT2D eigenvalue weighted by Crippen LogP contribution is 2.44. The zero-order chi connectivity index (χ0) is 25.4. The average molecular weight is 517 g/mol. The van der Waals surface area contributed by atoms with E-state index >= 15 is 0 Å². The standard InChI is InChI=1S/C24H18ClFN2O6S/c1-11-21(23(32)34-3)35-24(27-11)28-18(12-4-7-14(26)8-5-12)17(20(30)22(28)31)19(29)13-6-9-16(33-2)15(25)10-13/h4-10,18,29H,1-3H3/b19-17+/t18-/m0/s1. The van der Waals surface area contributed by atoms with Gasteiger partial charge in [-0.3, -0.25) is 14.5 Å². The van der Waals surface area contributed by atoms with E-state index in [0.29, 0.717) is 17.0 Å². The number of thiazole rings is 1. The maximum Gasteiger partial charge on any atom is 0.350 e. The topological polar surface area (TPSA) is 106 Å². The van der Waals surface area contributed by atoms with E-state index in [9.17, 15) is 23.9 Å². The highest BCUT2D eigenvalue weighted by Gasteiger charge is 2.48. The zero-order valence-corrected chi connectivity index (χ0v) is 20.2. The van der Waals surface area contributed by atoms with Crippen LogP contribution >= 0.6 is 22.9 Å². The third kappa shape index (κ3) is 4.26. The molecule has 1 aliphatic rings. The van der Waals surface area contributed by atoms with Crippen LogP contribution in [-0.4, -0.2) is 42.0 Å². The van der Waals surface area contributed by atoms with Crippen LogP contribution in [0.3, 0.4) is 0 Å². The number of aliphatic hydroxyl groups is 1. The van der Waals surface area contributed by atoms with Crippen LogP contribution in [0.25, 0.3) is 5.76 Å². The smallest absolute Gasteiger partial charge is 0.350 e. The van der Waals surface area contributed by atoms with Crippen molar-refractivity contribution in [2.24, 2.45) is 0 Å². The van der Waals surface area contributed by atoms with Crippen LogP contribution in [0.2, 0.25) is 5.02 Å². The fourth-order valence-corrected chi connectivity index (χ4v) is 5.00. The molecule has 11 heteroatoms. The molecular formula is C24H18ClFN2O6S. The predicted molar refractivity (Wildman–Crippen MR) is 127 cm³/mol. The number of methoxy groups -OCH3 is 2.